The zero-order chi connectivity index (χ0) is 17.9. The Bertz CT molecular complexity index is 1120. The summed E-state index contributed by atoms with van der Waals surface area (Å²) in [5.74, 6) is 0.682. The third-order valence-corrected chi connectivity index (χ3v) is 4.64. The second-order valence-corrected chi connectivity index (χ2v) is 6.31. The van der Waals surface area contributed by atoms with Gasteiger partial charge in [-0.25, -0.2) is 4.79 Å². The molecule has 2 aromatic heterocycles. The molecule has 0 aliphatic rings. The molecule has 7 nitrogen and oxygen atoms in total. The molecule has 0 aliphatic heterocycles. The van der Waals surface area contributed by atoms with E-state index in [2.05, 4.69) is 15.5 Å². The maximum Gasteiger partial charge on any atom is 0.337 e. The lowest BCUT2D eigenvalue weighted by Gasteiger charge is -2.10. The van der Waals surface area contributed by atoms with Crippen LogP contribution in [0.1, 0.15) is 6.92 Å². The van der Waals surface area contributed by atoms with Crippen LogP contribution >= 0.6 is 11.8 Å². The molecular formula is C18H14N4O3S. The summed E-state index contributed by atoms with van der Waals surface area (Å²) in [6, 6.07) is 16.3. The third kappa shape index (κ3) is 3.06. The van der Waals surface area contributed by atoms with E-state index < -0.39 is 5.63 Å². The summed E-state index contributed by atoms with van der Waals surface area (Å²) in [5.41, 5.74) is 0.838. The molecule has 2 aromatic carbocycles. The molecule has 0 N–H and O–H groups in total. The van der Waals surface area contributed by atoms with E-state index in [-0.39, 0.29) is 0 Å². The van der Waals surface area contributed by atoms with E-state index in [1.54, 1.807) is 10.7 Å². The lowest BCUT2D eigenvalue weighted by atomic mass is 10.2. The molecule has 8 heteroatoms. The van der Waals surface area contributed by atoms with Crippen LogP contribution in [0.4, 0.5) is 0 Å². The van der Waals surface area contributed by atoms with Crippen molar-refractivity contribution in [2.75, 3.05) is 6.61 Å². The summed E-state index contributed by atoms with van der Waals surface area (Å²) >= 11 is 1.30. The molecule has 26 heavy (non-hydrogen) atoms. The number of hydrogen-bond donors (Lipinski definition) is 0. The van der Waals surface area contributed by atoms with Crippen LogP contribution in [0.15, 0.2) is 73.9 Å². The topological polar surface area (TPSA) is 83.0 Å². The first-order valence-corrected chi connectivity index (χ1v) is 8.79. The van der Waals surface area contributed by atoms with Crippen molar-refractivity contribution in [3.63, 3.8) is 0 Å². The van der Waals surface area contributed by atoms with Crippen molar-refractivity contribution in [1.29, 1.82) is 0 Å². The number of nitrogens with zero attached hydrogens (tertiary/aromatic N) is 4. The monoisotopic (exact) mass is 366 g/mol. The summed E-state index contributed by atoms with van der Waals surface area (Å²) in [7, 11) is 0. The molecule has 0 radical (unpaired) electrons. The van der Waals surface area contributed by atoms with Gasteiger partial charge in [-0.05, 0) is 47.3 Å². The Labute approximate surface area is 152 Å². The number of ether oxygens (including phenoxy) is 1. The second kappa shape index (κ2) is 7.01. The maximum absolute atomic E-state index is 11.9. The van der Waals surface area contributed by atoms with Crippen LogP contribution in [0.5, 0.6) is 5.75 Å². The molecule has 0 amide bonds. The van der Waals surface area contributed by atoms with E-state index in [4.69, 9.17) is 9.15 Å². The van der Waals surface area contributed by atoms with Crippen LogP contribution in [0.3, 0.4) is 0 Å². The molecule has 0 atom stereocenters. The first-order valence-electron chi connectivity index (χ1n) is 7.97. The first kappa shape index (κ1) is 16.3. The Morgan fingerprint density at radius 2 is 1.96 bits per heavy atom. The molecule has 4 aromatic rings. The molecule has 0 bridgehead atoms. The number of para-hydroxylation sites is 3. The SMILES string of the molecule is CCOc1ccccc1-n1nnnc1Sc1cc(=O)oc2ccccc12. The van der Waals surface area contributed by atoms with Gasteiger partial charge in [-0.1, -0.05) is 30.3 Å². The summed E-state index contributed by atoms with van der Waals surface area (Å²) in [6.45, 7) is 2.45. The highest BCUT2D eigenvalue weighted by atomic mass is 32.2. The van der Waals surface area contributed by atoms with Crippen molar-refractivity contribution in [3.8, 4) is 11.4 Å². The summed E-state index contributed by atoms with van der Waals surface area (Å²) in [5, 5.41) is 13.3. The lowest BCUT2D eigenvalue weighted by molar-refractivity contribution is 0.337. The van der Waals surface area contributed by atoms with Gasteiger partial charge in [0.05, 0.1) is 6.61 Å². The molecule has 0 saturated heterocycles. The molecule has 130 valence electrons. The van der Waals surface area contributed by atoms with Crippen LogP contribution in [-0.2, 0) is 0 Å². The van der Waals surface area contributed by atoms with E-state index in [1.807, 2.05) is 49.4 Å². The van der Waals surface area contributed by atoms with E-state index in [9.17, 15) is 4.79 Å². The van der Waals surface area contributed by atoms with Crippen molar-refractivity contribution in [3.05, 3.63) is 65.0 Å². The van der Waals surface area contributed by atoms with Gasteiger partial charge in [0, 0.05) is 16.3 Å². The fraction of sp³-hybridized carbons (Fsp3) is 0.111. The predicted octanol–water partition coefficient (Wildman–Crippen LogP) is 3.32. The summed E-state index contributed by atoms with van der Waals surface area (Å²) in [4.78, 5) is 12.6. The van der Waals surface area contributed by atoms with Gasteiger partial charge in [0.2, 0.25) is 5.16 Å². The highest BCUT2D eigenvalue weighted by Crippen LogP contribution is 2.33. The highest BCUT2D eigenvalue weighted by molar-refractivity contribution is 7.99. The quantitative estimate of drug-likeness (QED) is 0.501. The highest BCUT2D eigenvalue weighted by Gasteiger charge is 2.16. The minimum atomic E-state index is -0.417. The number of hydrogen-bond acceptors (Lipinski definition) is 7. The minimum absolute atomic E-state index is 0.417. The Morgan fingerprint density at radius 3 is 2.85 bits per heavy atom. The third-order valence-electron chi connectivity index (χ3n) is 3.65. The molecule has 0 saturated carbocycles. The minimum Gasteiger partial charge on any atom is -0.492 e. The van der Waals surface area contributed by atoms with E-state index >= 15 is 0 Å². The number of aromatic nitrogens is 4. The van der Waals surface area contributed by atoms with Crippen molar-refractivity contribution in [2.45, 2.75) is 17.0 Å². The van der Waals surface area contributed by atoms with E-state index in [1.165, 1.54) is 17.8 Å². The van der Waals surface area contributed by atoms with Gasteiger partial charge in [-0.15, -0.1) is 5.10 Å². The number of benzene rings is 2. The van der Waals surface area contributed by atoms with E-state index in [0.717, 1.165) is 16.0 Å². The largest absolute Gasteiger partial charge is 0.492 e. The second-order valence-electron chi connectivity index (χ2n) is 5.30. The fourth-order valence-electron chi connectivity index (χ4n) is 2.57. The van der Waals surface area contributed by atoms with Crippen LogP contribution in [0.25, 0.3) is 16.7 Å². The molecule has 0 spiro atoms. The van der Waals surface area contributed by atoms with Crippen LogP contribution < -0.4 is 10.4 Å². The maximum atomic E-state index is 11.9. The molecule has 0 fully saturated rings. The lowest BCUT2D eigenvalue weighted by Crippen LogP contribution is -2.04. The van der Waals surface area contributed by atoms with Gasteiger partial charge in [0.1, 0.15) is 17.0 Å². The molecule has 2 heterocycles. The molecule has 0 aliphatic carbocycles. The van der Waals surface area contributed by atoms with Gasteiger partial charge >= 0.3 is 5.63 Å². The van der Waals surface area contributed by atoms with Crippen molar-refractivity contribution >= 4 is 22.7 Å². The van der Waals surface area contributed by atoms with Crippen LogP contribution in [0.2, 0.25) is 0 Å². The first-order chi connectivity index (χ1) is 12.8. The normalized spacial score (nSPS) is 11.0. The van der Waals surface area contributed by atoms with Gasteiger partial charge in [-0.3, -0.25) is 0 Å². The Balaban J connectivity index is 1.79. The van der Waals surface area contributed by atoms with Crippen molar-refractivity contribution in [1.82, 2.24) is 20.2 Å². The predicted molar refractivity (Wildman–Crippen MR) is 96.9 cm³/mol. The fourth-order valence-corrected chi connectivity index (χ4v) is 3.50. The van der Waals surface area contributed by atoms with Crippen LogP contribution in [-0.4, -0.2) is 26.8 Å². The van der Waals surface area contributed by atoms with Gasteiger partial charge in [0.25, 0.3) is 0 Å². The van der Waals surface area contributed by atoms with Gasteiger partial charge in [-0.2, -0.15) is 4.68 Å². The average Bonchev–Trinajstić information content (AvgIpc) is 3.10. The van der Waals surface area contributed by atoms with Gasteiger partial charge in [0.15, 0.2) is 0 Å². The van der Waals surface area contributed by atoms with E-state index in [0.29, 0.717) is 23.1 Å². The molecule has 4 rings (SSSR count). The summed E-state index contributed by atoms with van der Waals surface area (Å²) < 4.78 is 12.5. The van der Waals surface area contributed by atoms with Crippen LogP contribution in [0, 0.1) is 0 Å². The molecule has 0 unspecified atom stereocenters. The Kier molecular flexibility index (Phi) is 4.40. The van der Waals surface area contributed by atoms with Gasteiger partial charge < -0.3 is 9.15 Å². The van der Waals surface area contributed by atoms with Crippen molar-refractivity contribution < 1.29 is 9.15 Å². The Hall–Kier alpha value is -3.13. The zero-order valence-electron chi connectivity index (χ0n) is 13.8. The number of tetrazole rings is 1. The average molecular weight is 366 g/mol. The zero-order valence-corrected chi connectivity index (χ0v) is 14.6. The number of rotatable bonds is 5. The van der Waals surface area contributed by atoms with Crippen molar-refractivity contribution in [2.24, 2.45) is 0 Å². The molecular weight excluding hydrogens is 352 g/mol. The Morgan fingerprint density at radius 1 is 1.15 bits per heavy atom. The standard InChI is InChI=1S/C18H14N4O3S/c1-2-24-15-10-6-4-8-13(15)22-18(19-20-21-22)26-16-11-17(23)25-14-9-5-3-7-12(14)16/h3-11H,2H2,1H3. The smallest absolute Gasteiger partial charge is 0.337 e. The summed E-state index contributed by atoms with van der Waals surface area (Å²) in [6.07, 6.45) is 0. The number of fused-ring (bicyclic) bond motifs is 1.